The van der Waals surface area contributed by atoms with Gasteiger partial charge in [-0.1, -0.05) is 305 Å². The van der Waals surface area contributed by atoms with Gasteiger partial charge < -0.3 is 28.1 Å². The van der Waals surface area contributed by atoms with E-state index in [0.29, 0.717) is 39.1 Å². The fraction of sp³-hybridized carbons (Fsp3) is 0.105. The third-order valence-electron chi connectivity index (χ3n) is 25.6. The van der Waals surface area contributed by atoms with Crippen molar-refractivity contribution in [2.75, 3.05) is 9.80 Å². The van der Waals surface area contributed by atoms with E-state index >= 15 is 0 Å². The standard InChI is InChI=1S/C114H89BN6/c1-112(2,3)76-62-89(72-34-14-10-15-35-72)110(90(63-76)73-36-16-11-17-37-73)120-105-70-81(118-101-52-32-26-46-87(101)93-68-79(56-60-103(93)118)116-97-48-28-22-42-83(97)84-43-23-29-49-98(84)116)54-58-95(105)115-96-59-55-82(119-102-53-33-27-47-88(102)94-69-80(57-61-104(94)119)117-99-50-30-24-44-85(99)86-45-25-31-51-100(86)117)71-106(96)121(108-67-78(114(7,8)9)66-107(120)109(108)115)111-91(74-38-18-12-19-39-74)64-77(113(4,5)6)65-92(111)75-40-20-13-21-41-75/h10-71H,1-9H3/i54D,55D,58D,59D,70D,71D. The second kappa shape index (κ2) is 27.1. The highest BCUT2D eigenvalue weighted by molar-refractivity contribution is 7.00. The average Bonchev–Trinajstić information content (AvgIpc) is 0.722. The third-order valence-corrected chi connectivity index (χ3v) is 25.6. The molecule has 578 valence electrons. The first-order chi connectivity index (χ1) is 61.5. The van der Waals surface area contributed by atoms with Crippen molar-refractivity contribution >= 4 is 144 Å². The van der Waals surface area contributed by atoms with E-state index < -0.39 is 12.1 Å². The molecule has 23 rings (SSSR count). The summed E-state index contributed by atoms with van der Waals surface area (Å²) in [6, 6.07) is 119. The zero-order valence-electron chi connectivity index (χ0n) is 75.1. The van der Waals surface area contributed by atoms with Gasteiger partial charge in [0.25, 0.3) is 6.71 Å². The molecule has 6 heterocycles. The normalized spacial score (nSPS) is 13.6. The molecular weight excluding hydrogens is 1460 g/mol. The van der Waals surface area contributed by atoms with Crippen LogP contribution in [0.3, 0.4) is 0 Å². The van der Waals surface area contributed by atoms with E-state index in [1.54, 1.807) is 0 Å². The number of fused-ring (bicyclic) bond motifs is 16. The molecule has 0 saturated carbocycles. The van der Waals surface area contributed by atoms with Gasteiger partial charge in [0.1, 0.15) is 0 Å². The number of aromatic nitrogens is 4. The van der Waals surface area contributed by atoms with Crippen molar-refractivity contribution in [1.82, 2.24) is 18.3 Å². The van der Waals surface area contributed by atoms with Crippen LogP contribution < -0.4 is 26.2 Å². The summed E-state index contributed by atoms with van der Waals surface area (Å²) in [4.78, 5) is 4.59. The van der Waals surface area contributed by atoms with Crippen molar-refractivity contribution in [1.29, 1.82) is 0 Å². The minimum atomic E-state index is -1.18. The van der Waals surface area contributed by atoms with Crippen LogP contribution in [-0.2, 0) is 16.2 Å². The van der Waals surface area contributed by atoms with Crippen LogP contribution in [-0.4, -0.2) is 25.0 Å². The Hall–Kier alpha value is -14.4. The number of hydrogen-bond acceptors (Lipinski definition) is 2. The molecular formula is C114H89BN6. The maximum absolute atomic E-state index is 12.1. The van der Waals surface area contributed by atoms with E-state index in [4.69, 9.17) is 0 Å². The lowest BCUT2D eigenvalue weighted by Gasteiger charge is -2.47. The van der Waals surface area contributed by atoms with Crippen LogP contribution in [0.4, 0.5) is 34.1 Å². The number of benzene rings is 17. The number of rotatable bonds is 10. The molecule has 121 heavy (non-hydrogen) atoms. The van der Waals surface area contributed by atoms with Gasteiger partial charge in [-0.15, -0.1) is 0 Å². The highest BCUT2D eigenvalue weighted by Gasteiger charge is 2.47. The molecule has 2 aliphatic heterocycles. The molecule has 6 nitrogen and oxygen atoms in total. The number of nitrogens with zero attached hydrogens (tertiary/aromatic N) is 6. The molecule has 0 unspecified atom stereocenters. The first-order valence-electron chi connectivity index (χ1n) is 45.2. The quantitative estimate of drug-likeness (QED) is 0.128. The number of anilines is 6. The van der Waals surface area contributed by atoms with Gasteiger partial charge in [0, 0.05) is 111 Å². The Bertz CT molecular complexity index is 7530. The monoisotopic (exact) mass is 1560 g/mol. The molecule has 21 aromatic rings. The highest BCUT2D eigenvalue weighted by atomic mass is 15.2. The third kappa shape index (κ3) is 11.2. The smallest absolute Gasteiger partial charge is 0.252 e. The minimum absolute atomic E-state index is 0.0122. The van der Waals surface area contributed by atoms with Crippen LogP contribution in [0.25, 0.3) is 154 Å². The molecule has 17 aromatic carbocycles. The molecule has 0 N–H and O–H groups in total. The van der Waals surface area contributed by atoms with E-state index in [0.717, 1.165) is 171 Å². The molecule has 0 saturated heterocycles. The van der Waals surface area contributed by atoms with Gasteiger partial charge in [0.15, 0.2) is 0 Å². The lowest BCUT2D eigenvalue weighted by atomic mass is 9.33. The van der Waals surface area contributed by atoms with Gasteiger partial charge in [-0.25, -0.2) is 0 Å². The van der Waals surface area contributed by atoms with Crippen LogP contribution in [0.15, 0.2) is 376 Å². The minimum Gasteiger partial charge on any atom is -0.310 e. The van der Waals surface area contributed by atoms with E-state index in [2.05, 4.69) is 418 Å². The van der Waals surface area contributed by atoms with Crippen LogP contribution in [0.2, 0.25) is 0 Å². The summed E-state index contributed by atoms with van der Waals surface area (Å²) in [5.74, 6) is 0. The summed E-state index contributed by atoms with van der Waals surface area (Å²) in [7, 11) is 0. The van der Waals surface area contributed by atoms with Crippen molar-refractivity contribution in [3.05, 3.63) is 393 Å². The Morgan fingerprint density at radius 2 is 0.479 bits per heavy atom. The van der Waals surface area contributed by atoms with E-state index in [9.17, 15) is 8.22 Å². The number of para-hydroxylation sites is 6. The van der Waals surface area contributed by atoms with Crippen molar-refractivity contribution in [3.63, 3.8) is 0 Å². The van der Waals surface area contributed by atoms with Gasteiger partial charge >= 0.3 is 0 Å². The summed E-state index contributed by atoms with van der Waals surface area (Å²) >= 11 is 0. The molecule has 0 aliphatic carbocycles. The SMILES string of the molecule is [2H]c1c([2H])c(-n2c3ccccc3c3cc(-n4c5ccccc5c5ccccc54)ccc32)c([2H])c2c1B1c3c(cc(C(C)(C)C)cc3N(c3c(-c4ccccc4)cc(C(C)(C)C)cc3-c3ccccc3)c3c([2H])c(-n4c5ccccc5c5cc(-n6c7ccccc7c7ccccc76)ccc54)c([2H])c([2H])c31)N2c1c(-c2ccccc2)cc(C(C)(C)C)cc1-c1ccccc1. The summed E-state index contributed by atoms with van der Waals surface area (Å²) in [5.41, 5.74) is 23.5. The Balaban J connectivity index is 0.896. The van der Waals surface area contributed by atoms with Crippen LogP contribution >= 0.6 is 0 Å². The second-order valence-electron chi connectivity index (χ2n) is 35.9. The zero-order chi connectivity index (χ0) is 86.7. The predicted molar refractivity (Wildman–Crippen MR) is 516 cm³/mol. The first-order valence-corrected chi connectivity index (χ1v) is 42.2. The Labute approximate surface area is 714 Å². The Morgan fingerprint density at radius 1 is 0.231 bits per heavy atom. The van der Waals surface area contributed by atoms with Gasteiger partial charge in [0.05, 0.1) is 63.7 Å². The molecule has 0 spiro atoms. The molecule has 4 aromatic heterocycles. The van der Waals surface area contributed by atoms with Crippen LogP contribution in [0, 0.1) is 0 Å². The van der Waals surface area contributed by atoms with Crippen molar-refractivity contribution in [2.24, 2.45) is 0 Å². The van der Waals surface area contributed by atoms with Crippen LogP contribution in [0.1, 0.15) is 87.2 Å². The largest absolute Gasteiger partial charge is 0.310 e. The fourth-order valence-electron chi connectivity index (χ4n) is 19.7. The van der Waals surface area contributed by atoms with Crippen molar-refractivity contribution < 1.29 is 8.22 Å². The predicted octanol–water partition coefficient (Wildman–Crippen LogP) is 28.7. The maximum Gasteiger partial charge on any atom is 0.252 e. The second-order valence-corrected chi connectivity index (χ2v) is 35.9. The fourth-order valence-corrected chi connectivity index (χ4v) is 19.7. The number of hydrogen-bond donors (Lipinski definition) is 0. The molecule has 0 radical (unpaired) electrons. The van der Waals surface area contributed by atoms with Gasteiger partial charge in [-0.3, -0.25) is 0 Å². The summed E-state index contributed by atoms with van der Waals surface area (Å²) in [6.45, 7) is 19.1. The summed E-state index contributed by atoms with van der Waals surface area (Å²) in [5, 5.41) is 8.21. The Kier molecular flexibility index (Phi) is 14.7. The van der Waals surface area contributed by atoms with E-state index in [1.807, 2.05) is 12.1 Å². The average molecular weight is 1560 g/mol. The van der Waals surface area contributed by atoms with Gasteiger partial charge in [-0.05, 0) is 205 Å². The Morgan fingerprint density at radius 3 is 0.769 bits per heavy atom. The van der Waals surface area contributed by atoms with Crippen LogP contribution in [0.5, 0.6) is 0 Å². The molecule has 2 aliphatic rings. The van der Waals surface area contributed by atoms with Gasteiger partial charge in [0.2, 0.25) is 0 Å². The van der Waals surface area contributed by atoms with Crippen molar-refractivity contribution in [2.45, 2.75) is 78.6 Å². The van der Waals surface area contributed by atoms with E-state index in [1.165, 1.54) is 0 Å². The molecule has 0 atom stereocenters. The first kappa shape index (κ1) is 65.6. The summed E-state index contributed by atoms with van der Waals surface area (Å²) in [6.07, 6.45) is 0. The maximum atomic E-state index is 12.1. The lowest BCUT2D eigenvalue weighted by Crippen LogP contribution is -2.61. The van der Waals surface area contributed by atoms with E-state index in [-0.39, 0.29) is 58.5 Å². The molecule has 0 bridgehead atoms. The lowest BCUT2D eigenvalue weighted by molar-refractivity contribution is 0.590. The molecule has 0 amide bonds. The topological polar surface area (TPSA) is 26.2 Å². The van der Waals surface area contributed by atoms with Crippen molar-refractivity contribution in [3.8, 4) is 67.3 Å². The summed E-state index contributed by atoms with van der Waals surface area (Å²) < 4.78 is 79.1. The highest BCUT2D eigenvalue weighted by Crippen LogP contribution is 2.56. The molecule has 7 heteroatoms. The molecule has 0 fully saturated rings. The zero-order valence-corrected chi connectivity index (χ0v) is 69.1. The van der Waals surface area contributed by atoms with Gasteiger partial charge in [-0.2, -0.15) is 0 Å².